The molecule has 0 fully saturated rings. The Morgan fingerprint density at radius 2 is 0.545 bits per heavy atom. The van der Waals surface area contributed by atoms with Crippen LogP contribution in [0.25, 0.3) is 0 Å². The Morgan fingerprint density at radius 1 is 0.345 bits per heavy atom. The molecule has 6 aromatic rings. The first-order valence-electron chi connectivity index (χ1n) is 16.4. The van der Waals surface area contributed by atoms with Crippen molar-refractivity contribution in [2.45, 2.75) is 18.5 Å². The van der Waals surface area contributed by atoms with E-state index in [1.165, 1.54) is 91.0 Å². The van der Waals surface area contributed by atoms with Crippen LogP contribution in [0, 0.1) is 0 Å². The number of hydrogen-bond donors (Lipinski definition) is 0. The maximum atomic E-state index is 16.2. The predicted octanol–water partition coefficient (Wildman–Crippen LogP) is 8.07. The van der Waals surface area contributed by atoms with Gasteiger partial charge >= 0.3 is 18.5 Å². The Hall–Kier alpha value is -4.82. The number of hydrogen-bond acceptors (Lipinski definition) is 4. The lowest BCUT2D eigenvalue weighted by Gasteiger charge is -2.49. The number of benzene rings is 6. The lowest BCUT2D eigenvalue weighted by molar-refractivity contribution is -0.138. The van der Waals surface area contributed by atoms with E-state index in [4.69, 9.17) is 0 Å². The summed E-state index contributed by atoms with van der Waals surface area (Å²) in [4.78, 5) is 1.14. The Labute approximate surface area is 306 Å². The van der Waals surface area contributed by atoms with Crippen LogP contribution in [0.5, 0.6) is 0 Å². The molecule has 4 nitrogen and oxygen atoms in total. The highest BCUT2D eigenvalue weighted by Crippen LogP contribution is 2.66. The zero-order valence-electron chi connectivity index (χ0n) is 27.5. The van der Waals surface area contributed by atoms with Crippen LogP contribution >= 0.6 is 21.4 Å². The maximum Gasteiger partial charge on any atom is 0.416 e. The summed E-state index contributed by atoms with van der Waals surface area (Å²) in [6, 6.07) is 23.9. The van der Waals surface area contributed by atoms with Gasteiger partial charge in [-0.3, -0.25) is 0 Å². The average molecular weight is 816 g/mol. The second kappa shape index (κ2) is 11.4. The molecule has 0 saturated carbocycles. The van der Waals surface area contributed by atoms with Crippen LogP contribution in [0.2, 0.25) is 0 Å². The van der Waals surface area contributed by atoms with E-state index in [1.807, 2.05) is 0 Å². The van der Waals surface area contributed by atoms with Crippen molar-refractivity contribution < 1.29 is 53.2 Å². The van der Waals surface area contributed by atoms with Gasteiger partial charge in [0.2, 0.25) is 0 Å². The molecule has 0 N–H and O–H groups in total. The molecule has 0 aliphatic carbocycles. The first-order valence-corrected chi connectivity index (χ1v) is 21.5. The third-order valence-electron chi connectivity index (χ3n) is 10.3. The summed E-state index contributed by atoms with van der Waals surface area (Å²) in [5.74, 6) is 0. The molecule has 0 aromatic heterocycles. The summed E-state index contributed by atoms with van der Waals surface area (Å²) >= 11 is 0. The molecule has 16 heteroatoms. The molecular weight excluding hydrogens is 794 g/mol. The van der Waals surface area contributed by atoms with Crippen molar-refractivity contribution in [1.82, 2.24) is 0 Å². The minimum atomic E-state index is -5.21. The van der Waals surface area contributed by atoms with Crippen LogP contribution in [-0.4, -0.2) is 0 Å². The van der Waals surface area contributed by atoms with Gasteiger partial charge in [0.15, 0.2) is 21.4 Å². The lowest BCUT2D eigenvalue weighted by Crippen LogP contribution is -2.53. The monoisotopic (exact) mass is 815 g/mol. The Balaban J connectivity index is 1.61. The van der Waals surface area contributed by atoms with Gasteiger partial charge in [-0.2, -0.15) is 39.5 Å². The van der Waals surface area contributed by atoms with Crippen molar-refractivity contribution in [3.63, 3.8) is 0 Å². The van der Waals surface area contributed by atoms with Crippen LogP contribution < -0.4 is 52.6 Å². The molecule has 3 aliphatic rings. The largest absolute Gasteiger partial charge is 0.416 e. The van der Waals surface area contributed by atoms with Crippen molar-refractivity contribution in [2.24, 2.45) is 0 Å². The van der Waals surface area contributed by atoms with Crippen LogP contribution in [0.15, 0.2) is 127 Å². The van der Waals surface area contributed by atoms with Crippen molar-refractivity contribution in [1.29, 1.82) is 0 Å². The molecule has 6 aromatic carbocycles. The number of nitrogens with zero attached hydrogens (tertiary/aromatic N) is 1. The fourth-order valence-corrected chi connectivity index (χ4v) is 17.4. The van der Waals surface area contributed by atoms with E-state index >= 15 is 13.7 Å². The van der Waals surface area contributed by atoms with Gasteiger partial charge in [-0.05, 0) is 36.4 Å². The number of halogens is 9. The maximum absolute atomic E-state index is 16.2. The van der Waals surface area contributed by atoms with Crippen LogP contribution in [0.1, 0.15) is 16.7 Å². The Morgan fingerprint density at radius 3 is 0.727 bits per heavy atom. The zero-order valence-corrected chi connectivity index (χ0v) is 30.2. The van der Waals surface area contributed by atoms with Gasteiger partial charge in [0.05, 0.1) is 33.8 Å². The van der Waals surface area contributed by atoms with E-state index in [1.54, 1.807) is 0 Å². The summed E-state index contributed by atoms with van der Waals surface area (Å²) in [5, 5.41) is -4.25. The third-order valence-corrected chi connectivity index (χ3v) is 19.4. The normalized spacial score (nSPS) is 22.3. The topological polar surface area (TPSA) is 54.5 Å². The van der Waals surface area contributed by atoms with Crippen LogP contribution in [-0.2, 0) is 32.2 Å². The summed E-state index contributed by atoms with van der Waals surface area (Å²) in [5.41, 5.74) is -5.46. The summed E-state index contributed by atoms with van der Waals surface area (Å²) in [6.07, 6.45) is -15.6. The highest BCUT2D eigenvalue weighted by atomic mass is 31.2. The Kier molecular flexibility index (Phi) is 7.42. The number of rotatable bonds is 3. The van der Waals surface area contributed by atoms with E-state index < -0.39 is 88.5 Å². The van der Waals surface area contributed by atoms with E-state index in [0.717, 1.165) is 4.90 Å². The summed E-state index contributed by atoms with van der Waals surface area (Å²) in [7, 11) is -14.7. The first-order chi connectivity index (χ1) is 25.8. The van der Waals surface area contributed by atoms with Crippen molar-refractivity contribution in [2.75, 3.05) is 4.90 Å². The second-order valence-electron chi connectivity index (χ2n) is 13.3. The van der Waals surface area contributed by atoms with E-state index in [9.17, 15) is 39.5 Å². The van der Waals surface area contributed by atoms with Gasteiger partial charge in [-0.1, -0.05) is 91.0 Å². The number of alkyl halides is 9. The van der Waals surface area contributed by atoms with Crippen molar-refractivity contribution in [3.8, 4) is 0 Å². The van der Waals surface area contributed by atoms with Crippen molar-refractivity contribution >= 4 is 86.2 Å². The second-order valence-corrected chi connectivity index (χ2v) is 21.3. The van der Waals surface area contributed by atoms with Gasteiger partial charge in [-0.25, -0.2) is 0 Å². The van der Waals surface area contributed by atoms with E-state index in [0.29, 0.717) is 36.4 Å². The molecule has 278 valence electrons. The first kappa shape index (κ1) is 35.9. The predicted molar refractivity (Wildman–Crippen MR) is 195 cm³/mol. The molecule has 0 atom stereocenters. The van der Waals surface area contributed by atoms with Gasteiger partial charge in [0.1, 0.15) is 0 Å². The molecule has 0 radical (unpaired) electrons. The lowest BCUT2D eigenvalue weighted by atomic mass is 10.1. The van der Waals surface area contributed by atoms with E-state index in [-0.39, 0.29) is 33.0 Å². The third kappa shape index (κ3) is 4.79. The smallest absolute Gasteiger partial charge is 0.308 e. The van der Waals surface area contributed by atoms with Gasteiger partial charge in [-0.15, -0.1) is 0 Å². The molecular formula is C39H21F9NO3P3. The minimum absolute atomic E-state index is 0.175. The molecule has 0 spiro atoms. The van der Waals surface area contributed by atoms with Gasteiger partial charge in [0, 0.05) is 47.7 Å². The van der Waals surface area contributed by atoms with Gasteiger partial charge < -0.3 is 18.6 Å². The summed E-state index contributed by atoms with van der Waals surface area (Å²) in [6.45, 7) is 0. The van der Waals surface area contributed by atoms with Crippen LogP contribution in [0.3, 0.4) is 0 Å². The quantitative estimate of drug-likeness (QED) is 0.134. The fraction of sp³-hybridized carbons (Fsp3) is 0.0769. The number of anilines is 3. The van der Waals surface area contributed by atoms with E-state index in [2.05, 4.69) is 0 Å². The SMILES string of the molecule is O=P1(c2ccccc2)c2cc(C(F)(F)F)cc3c2N2c4c1cc(C(F)(F)F)cc4P(=O)(c1ccccc1)c1cc(C(F)(F)F)cc(c12)P3(=O)c1ccccc1. The summed E-state index contributed by atoms with van der Waals surface area (Å²) < 4.78 is 183. The zero-order chi connectivity index (χ0) is 39.1. The molecule has 55 heavy (non-hydrogen) atoms. The average Bonchev–Trinajstić information content (AvgIpc) is 3.16. The molecule has 3 aliphatic heterocycles. The fourth-order valence-electron chi connectivity index (χ4n) is 7.90. The minimum Gasteiger partial charge on any atom is -0.308 e. The standard InChI is InChI=1S/C39H21F9NO3P3/c40-37(41,42)22-16-28-34-30(18-22)54(51,26-12-6-2-7-13-26)32-20-24(39(46,47)48)21-33-36(32)49(34)35-29(53(28,50)25-10-4-1-5-11-25)17-23(38(43,44)45)19-31(35)55(33,52)27-14-8-3-9-15-27/h1-21H. The highest BCUT2D eigenvalue weighted by Gasteiger charge is 2.58. The van der Waals surface area contributed by atoms with Crippen molar-refractivity contribution in [3.05, 3.63) is 144 Å². The molecule has 9 rings (SSSR count). The van der Waals surface area contributed by atoms with Crippen LogP contribution in [0.4, 0.5) is 56.6 Å². The highest BCUT2D eigenvalue weighted by molar-refractivity contribution is 7.89. The molecule has 3 heterocycles. The molecule has 0 unspecified atom stereocenters. The Bertz CT molecular complexity index is 2380. The molecule has 0 bridgehead atoms. The molecule has 0 saturated heterocycles. The van der Waals surface area contributed by atoms with Gasteiger partial charge in [0.25, 0.3) is 0 Å². The molecule has 0 amide bonds.